The van der Waals surface area contributed by atoms with Crippen LogP contribution in [0.4, 0.5) is 11.4 Å². The zero-order valence-corrected chi connectivity index (χ0v) is 18.7. The first-order chi connectivity index (χ1) is 15.3. The standard InChI is InChI=1S/C25H27N3O4/c1-25(2,3)20-8-5-18(6-9-20)17-32-23-14-7-19(15-24(23)31-4)16-26-27-21-10-12-22(13-11-21)28(29)30/h5-16,27H,17H2,1-4H3/b26-16+. The summed E-state index contributed by atoms with van der Waals surface area (Å²) in [5, 5.41) is 14.9. The lowest BCUT2D eigenvalue weighted by molar-refractivity contribution is -0.384. The molecule has 0 radical (unpaired) electrons. The average Bonchev–Trinajstić information content (AvgIpc) is 2.78. The fraction of sp³-hybridized carbons (Fsp3) is 0.240. The van der Waals surface area contributed by atoms with E-state index in [1.54, 1.807) is 25.5 Å². The van der Waals surface area contributed by atoms with Gasteiger partial charge in [0.05, 0.1) is 23.9 Å². The van der Waals surface area contributed by atoms with Gasteiger partial charge in [0.2, 0.25) is 0 Å². The van der Waals surface area contributed by atoms with Crippen LogP contribution in [0, 0.1) is 10.1 Å². The molecule has 0 aliphatic rings. The summed E-state index contributed by atoms with van der Waals surface area (Å²) in [5.41, 5.74) is 6.83. The molecule has 32 heavy (non-hydrogen) atoms. The number of nitrogens with one attached hydrogen (secondary N) is 1. The number of anilines is 1. The van der Waals surface area contributed by atoms with E-state index in [9.17, 15) is 10.1 Å². The highest BCUT2D eigenvalue weighted by atomic mass is 16.6. The van der Waals surface area contributed by atoms with Crippen molar-refractivity contribution in [2.45, 2.75) is 32.8 Å². The Labute approximate surface area is 187 Å². The molecule has 7 heteroatoms. The molecule has 0 unspecified atom stereocenters. The van der Waals surface area contributed by atoms with E-state index >= 15 is 0 Å². The van der Waals surface area contributed by atoms with E-state index in [0.29, 0.717) is 23.8 Å². The molecule has 0 saturated heterocycles. The summed E-state index contributed by atoms with van der Waals surface area (Å²) in [6.07, 6.45) is 1.64. The molecule has 3 rings (SSSR count). The maximum Gasteiger partial charge on any atom is 0.269 e. The molecule has 166 valence electrons. The van der Waals surface area contributed by atoms with Crippen LogP contribution in [-0.4, -0.2) is 18.2 Å². The third kappa shape index (κ3) is 6.07. The van der Waals surface area contributed by atoms with Crippen LogP contribution < -0.4 is 14.9 Å². The average molecular weight is 434 g/mol. The van der Waals surface area contributed by atoms with Crippen LogP contribution in [0.2, 0.25) is 0 Å². The Hall–Kier alpha value is -3.87. The molecule has 0 aliphatic heterocycles. The molecule has 0 aliphatic carbocycles. The minimum Gasteiger partial charge on any atom is -0.493 e. The third-order valence-corrected chi connectivity index (χ3v) is 4.89. The summed E-state index contributed by atoms with van der Waals surface area (Å²) in [6, 6.07) is 20.0. The smallest absolute Gasteiger partial charge is 0.269 e. The molecule has 0 aromatic heterocycles. The summed E-state index contributed by atoms with van der Waals surface area (Å²) in [5.74, 6) is 1.25. The zero-order chi connectivity index (χ0) is 23.1. The van der Waals surface area contributed by atoms with Crippen molar-refractivity contribution in [3.63, 3.8) is 0 Å². The van der Waals surface area contributed by atoms with Crippen LogP contribution in [0.5, 0.6) is 11.5 Å². The Morgan fingerprint density at radius 2 is 1.69 bits per heavy atom. The lowest BCUT2D eigenvalue weighted by atomic mass is 9.87. The molecule has 0 spiro atoms. The number of benzene rings is 3. The van der Waals surface area contributed by atoms with Crippen molar-refractivity contribution in [1.82, 2.24) is 0 Å². The number of hydrogen-bond donors (Lipinski definition) is 1. The fourth-order valence-electron chi connectivity index (χ4n) is 2.98. The number of nitrogens with zero attached hydrogens (tertiary/aromatic N) is 2. The molecule has 0 heterocycles. The van der Waals surface area contributed by atoms with Gasteiger partial charge in [0.1, 0.15) is 6.61 Å². The maximum absolute atomic E-state index is 10.7. The second-order valence-electron chi connectivity index (χ2n) is 8.32. The highest BCUT2D eigenvalue weighted by molar-refractivity contribution is 5.81. The monoisotopic (exact) mass is 433 g/mol. The van der Waals surface area contributed by atoms with Crippen LogP contribution in [0.25, 0.3) is 0 Å². The SMILES string of the molecule is COc1cc(/C=N/Nc2ccc([N+](=O)[O-])cc2)ccc1OCc1ccc(C(C)(C)C)cc1. The van der Waals surface area contributed by atoms with Gasteiger partial charge in [-0.2, -0.15) is 5.10 Å². The van der Waals surface area contributed by atoms with E-state index in [1.165, 1.54) is 17.7 Å². The largest absolute Gasteiger partial charge is 0.493 e. The first kappa shape index (κ1) is 22.8. The van der Waals surface area contributed by atoms with Gasteiger partial charge in [0, 0.05) is 12.1 Å². The number of hydrazone groups is 1. The van der Waals surface area contributed by atoms with E-state index in [-0.39, 0.29) is 11.1 Å². The van der Waals surface area contributed by atoms with Crippen molar-refractivity contribution in [3.05, 3.63) is 93.5 Å². The highest BCUT2D eigenvalue weighted by Gasteiger charge is 2.13. The number of nitro groups is 1. The first-order valence-electron chi connectivity index (χ1n) is 10.2. The number of ether oxygens (including phenoxy) is 2. The van der Waals surface area contributed by atoms with Gasteiger partial charge in [-0.15, -0.1) is 0 Å². The van der Waals surface area contributed by atoms with E-state index in [2.05, 4.69) is 55.6 Å². The Bertz CT molecular complexity index is 1090. The Kier molecular flexibility index (Phi) is 7.10. The molecule has 3 aromatic rings. The van der Waals surface area contributed by atoms with Crippen LogP contribution in [0.1, 0.15) is 37.5 Å². The Balaban J connectivity index is 1.61. The van der Waals surface area contributed by atoms with Crippen LogP contribution in [0.3, 0.4) is 0 Å². The number of non-ortho nitro benzene ring substituents is 1. The summed E-state index contributed by atoms with van der Waals surface area (Å²) in [7, 11) is 1.59. The quantitative estimate of drug-likeness (QED) is 0.270. The van der Waals surface area contributed by atoms with Gasteiger partial charge in [0.25, 0.3) is 5.69 Å². The van der Waals surface area contributed by atoms with Gasteiger partial charge in [-0.25, -0.2) is 0 Å². The van der Waals surface area contributed by atoms with Crippen LogP contribution >= 0.6 is 0 Å². The molecule has 1 N–H and O–H groups in total. The number of nitro benzene ring substituents is 1. The first-order valence-corrected chi connectivity index (χ1v) is 10.2. The molecule has 0 saturated carbocycles. The normalized spacial score (nSPS) is 11.4. The van der Waals surface area contributed by atoms with E-state index in [1.807, 2.05) is 18.2 Å². The van der Waals surface area contributed by atoms with Crippen molar-refractivity contribution in [3.8, 4) is 11.5 Å². The van der Waals surface area contributed by atoms with Gasteiger partial charge < -0.3 is 9.47 Å². The van der Waals surface area contributed by atoms with Crippen LogP contribution in [0.15, 0.2) is 71.8 Å². The van der Waals surface area contributed by atoms with E-state index < -0.39 is 4.92 Å². The molecular formula is C25H27N3O4. The summed E-state index contributed by atoms with van der Waals surface area (Å²) in [4.78, 5) is 10.3. The predicted octanol–water partition coefficient (Wildman–Crippen LogP) is 5.93. The predicted molar refractivity (Wildman–Crippen MR) is 127 cm³/mol. The minimum atomic E-state index is -0.441. The van der Waals surface area contributed by atoms with Crippen molar-refractivity contribution in [2.24, 2.45) is 5.10 Å². The Morgan fingerprint density at radius 1 is 1.00 bits per heavy atom. The molecule has 0 bridgehead atoms. The number of methoxy groups -OCH3 is 1. The minimum absolute atomic E-state index is 0.0324. The zero-order valence-electron chi connectivity index (χ0n) is 18.7. The van der Waals surface area contributed by atoms with Gasteiger partial charge in [-0.05, 0) is 52.4 Å². The molecule has 0 atom stereocenters. The summed E-state index contributed by atoms with van der Waals surface area (Å²) in [6.45, 7) is 7.01. The van der Waals surface area contributed by atoms with Crippen molar-refractivity contribution in [2.75, 3.05) is 12.5 Å². The molecule has 0 amide bonds. The molecule has 3 aromatic carbocycles. The lowest BCUT2D eigenvalue weighted by Gasteiger charge is -2.19. The number of hydrogen-bond acceptors (Lipinski definition) is 6. The van der Waals surface area contributed by atoms with Crippen molar-refractivity contribution in [1.29, 1.82) is 0 Å². The van der Waals surface area contributed by atoms with Crippen LogP contribution in [-0.2, 0) is 12.0 Å². The molecule has 7 nitrogen and oxygen atoms in total. The van der Waals surface area contributed by atoms with Gasteiger partial charge in [0.15, 0.2) is 11.5 Å². The summed E-state index contributed by atoms with van der Waals surface area (Å²) < 4.78 is 11.4. The topological polar surface area (TPSA) is 86.0 Å². The fourth-order valence-corrected chi connectivity index (χ4v) is 2.98. The van der Waals surface area contributed by atoms with E-state index in [4.69, 9.17) is 9.47 Å². The lowest BCUT2D eigenvalue weighted by Crippen LogP contribution is -2.10. The van der Waals surface area contributed by atoms with Crippen molar-refractivity contribution >= 4 is 17.6 Å². The maximum atomic E-state index is 10.7. The highest BCUT2D eigenvalue weighted by Crippen LogP contribution is 2.29. The molecular weight excluding hydrogens is 406 g/mol. The molecule has 0 fully saturated rings. The second kappa shape index (κ2) is 9.96. The van der Waals surface area contributed by atoms with E-state index in [0.717, 1.165) is 11.1 Å². The number of rotatable bonds is 8. The van der Waals surface area contributed by atoms with Gasteiger partial charge >= 0.3 is 0 Å². The van der Waals surface area contributed by atoms with Gasteiger partial charge in [-0.3, -0.25) is 15.5 Å². The third-order valence-electron chi connectivity index (χ3n) is 4.89. The van der Waals surface area contributed by atoms with Gasteiger partial charge in [-0.1, -0.05) is 45.0 Å². The second-order valence-corrected chi connectivity index (χ2v) is 8.32. The van der Waals surface area contributed by atoms with Crippen molar-refractivity contribution < 1.29 is 14.4 Å². The Morgan fingerprint density at radius 3 is 2.28 bits per heavy atom. The summed E-state index contributed by atoms with van der Waals surface area (Å²) >= 11 is 0.